The van der Waals surface area contributed by atoms with E-state index in [2.05, 4.69) is 25.2 Å². The van der Waals surface area contributed by atoms with Crippen LogP contribution in [0.5, 0.6) is 0 Å². The molecule has 0 amide bonds. The molecule has 1 aliphatic heterocycles. The molecule has 5 heteroatoms. The maximum absolute atomic E-state index is 13.0. The van der Waals surface area contributed by atoms with Crippen LogP contribution >= 0.6 is 11.3 Å². The van der Waals surface area contributed by atoms with Crippen molar-refractivity contribution in [1.82, 2.24) is 0 Å². The highest BCUT2D eigenvalue weighted by Gasteiger charge is 2.42. The van der Waals surface area contributed by atoms with E-state index in [1.165, 1.54) is 11.3 Å². The van der Waals surface area contributed by atoms with E-state index < -0.39 is 0 Å². The molecule has 2 aromatic rings. The Hall–Kier alpha value is -2.58. The number of Topliss-reactive ketones (excluding diaryl/α,β-unsaturated/α-hetero) is 1. The molecule has 2 heterocycles. The molecule has 25 heavy (non-hydrogen) atoms. The van der Waals surface area contributed by atoms with Crippen molar-refractivity contribution in [1.29, 1.82) is 5.26 Å². The first-order chi connectivity index (χ1) is 11.9. The predicted octanol–water partition coefficient (Wildman–Crippen LogP) is 4.40. The molecule has 1 atom stereocenters. The third kappa shape index (κ3) is 2.45. The molecule has 0 radical (unpaired) electrons. The van der Waals surface area contributed by atoms with Crippen molar-refractivity contribution in [3.63, 3.8) is 0 Å². The second-order valence-corrected chi connectivity index (χ2v) is 8.52. The molecule has 3 N–H and O–H groups in total. The van der Waals surface area contributed by atoms with Gasteiger partial charge in [-0.2, -0.15) is 5.26 Å². The molecule has 1 aromatic heterocycles. The lowest BCUT2D eigenvalue weighted by atomic mass is 9.69. The first kappa shape index (κ1) is 15.9. The van der Waals surface area contributed by atoms with E-state index in [0.29, 0.717) is 17.0 Å². The molecule has 126 valence electrons. The van der Waals surface area contributed by atoms with Crippen LogP contribution in [-0.4, -0.2) is 5.78 Å². The van der Waals surface area contributed by atoms with E-state index in [1.54, 1.807) is 0 Å². The Bertz CT molecular complexity index is 947. The summed E-state index contributed by atoms with van der Waals surface area (Å²) in [7, 11) is 0. The van der Waals surface area contributed by atoms with Crippen LogP contribution in [-0.2, 0) is 4.79 Å². The van der Waals surface area contributed by atoms with Crippen molar-refractivity contribution in [2.75, 3.05) is 11.1 Å². The number of carbonyl (C=O) groups is 1. The van der Waals surface area contributed by atoms with Crippen molar-refractivity contribution in [3.05, 3.63) is 57.6 Å². The number of carbonyl (C=O) groups excluding carboxylic acids is 1. The van der Waals surface area contributed by atoms with Gasteiger partial charge >= 0.3 is 0 Å². The summed E-state index contributed by atoms with van der Waals surface area (Å²) in [4.78, 5) is 13.5. The fourth-order valence-electron chi connectivity index (χ4n) is 3.96. The van der Waals surface area contributed by atoms with Gasteiger partial charge in [0.25, 0.3) is 0 Å². The molecular formula is C20H19N3OS. The summed E-state index contributed by atoms with van der Waals surface area (Å²) in [5.41, 5.74) is 10.4. The fraction of sp³-hybridized carbons (Fsp3) is 0.300. The number of anilines is 2. The van der Waals surface area contributed by atoms with Gasteiger partial charge in [-0.15, -0.1) is 11.3 Å². The van der Waals surface area contributed by atoms with Crippen molar-refractivity contribution < 1.29 is 4.79 Å². The number of thiophene rings is 1. The highest BCUT2D eigenvalue weighted by molar-refractivity contribution is 7.17. The van der Waals surface area contributed by atoms with Crippen LogP contribution in [0.2, 0.25) is 0 Å². The molecular weight excluding hydrogens is 330 g/mol. The molecule has 0 saturated heterocycles. The zero-order valence-corrected chi connectivity index (χ0v) is 15.0. The van der Waals surface area contributed by atoms with Gasteiger partial charge in [-0.1, -0.05) is 44.2 Å². The summed E-state index contributed by atoms with van der Waals surface area (Å²) in [6.07, 6.45) is 1.35. The molecule has 0 spiro atoms. The van der Waals surface area contributed by atoms with Crippen LogP contribution in [0.4, 0.5) is 10.7 Å². The van der Waals surface area contributed by atoms with E-state index in [0.717, 1.165) is 33.8 Å². The molecule has 0 bridgehead atoms. The number of rotatable bonds is 1. The number of nitrogens with two attached hydrogens (primary N) is 1. The summed E-state index contributed by atoms with van der Waals surface area (Å²) >= 11 is 1.37. The molecule has 4 nitrogen and oxygen atoms in total. The minimum atomic E-state index is -0.200. The second kappa shape index (κ2) is 5.47. The van der Waals surface area contributed by atoms with Gasteiger partial charge in [0.2, 0.25) is 0 Å². The molecule has 4 rings (SSSR count). The number of benzene rings is 1. The Morgan fingerprint density at radius 3 is 2.68 bits per heavy atom. The smallest absolute Gasteiger partial charge is 0.162 e. The summed E-state index contributed by atoms with van der Waals surface area (Å²) in [6.45, 7) is 4.24. The molecule has 0 saturated carbocycles. The third-order valence-electron chi connectivity index (χ3n) is 4.98. The Morgan fingerprint density at radius 1 is 1.28 bits per heavy atom. The lowest BCUT2D eigenvalue weighted by Crippen LogP contribution is -2.33. The van der Waals surface area contributed by atoms with Crippen LogP contribution in [0.25, 0.3) is 0 Å². The number of nitrogen functional groups attached to an aromatic ring is 1. The largest absolute Gasteiger partial charge is 0.397 e. The number of allylic oxidation sites excluding steroid dienone is 2. The van der Waals surface area contributed by atoms with Gasteiger partial charge in [0.05, 0.1) is 5.69 Å². The van der Waals surface area contributed by atoms with Crippen LogP contribution < -0.4 is 11.1 Å². The predicted molar refractivity (Wildman–Crippen MR) is 100 cm³/mol. The van der Waals surface area contributed by atoms with Crippen molar-refractivity contribution in [3.8, 4) is 6.07 Å². The molecule has 1 aromatic carbocycles. The highest BCUT2D eigenvalue weighted by Crippen LogP contribution is 2.53. The Labute approximate surface area is 151 Å². The van der Waals surface area contributed by atoms with Crippen LogP contribution in [0.15, 0.2) is 41.6 Å². The summed E-state index contributed by atoms with van der Waals surface area (Å²) in [5, 5.41) is 13.7. The summed E-state index contributed by atoms with van der Waals surface area (Å²) < 4.78 is 0. The number of nitrogens with zero attached hydrogens (tertiary/aromatic N) is 1. The minimum Gasteiger partial charge on any atom is -0.397 e. The van der Waals surface area contributed by atoms with Crippen LogP contribution in [0, 0.1) is 16.7 Å². The monoisotopic (exact) mass is 349 g/mol. The van der Waals surface area contributed by atoms with E-state index in [4.69, 9.17) is 5.73 Å². The van der Waals surface area contributed by atoms with Gasteiger partial charge in [-0.05, 0) is 17.4 Å². The number of hydrogen-bond donors (Lipinski definition) is 2. The van der Waals surface area contributed by atoms with Gasteiger partial charge in [0.1, 0.15) is 15.9 Å². The van der Waals surface area contributed by atoms with Gasteiger partial charge in [-0.3, -0.25) is 4.79 Å². The van der Waals surface area contributed by atoms with E-state index >= 15 is 0 Å². The number of hydrogen-bond acceptors (Lipinski definition) is 5. The topological polar surface area (TPSA) is 78.9 Å². The first-order valence-electron chi connectivity index (χ1n) is 8.32. The quantitative estimate of drug-likeness (QED) is 0.799. The average molecular weight is 349 g/mol. The van der Waals surface area contributed by atoms with Crippen molar-refractivity contribution in [2.45, 2.75) is 32.6 Å². The van der Waals surface area contributed by atoms with Gasteiger partial charge in [0.15, 0.2) is 5.78 Å². The summed E-state index contributed by atoms with van der Waals surface area (Å²) in [6, 6.07) is 12.2. The maximum atomic E-state index is 13.0. The van der Waals surface area contributed by atoms with Crippen LogP contribution in [0.3, 0.4) is 0 Å². The van der Waals surface area contributed by atoms with Gasteiger partial charge in [-0.25, -0.2) is 0 Å². The maximum Gasteiger partial charge on any atom is 0.162 e. The second-order valence-electron chi connectivity index (χ2n) is 7.50. The Kier molecular flexibility index (Phi) is 3.48. The molecule has 2 aliphatic rings. The SMILES string of the molecule is CC1(C)CC(=O)C2=C(C1)Nc1sc(C#N)c(N)c1C2c1ccccc1. The summed E-state index contributed by atoms with van der Waals surface area (Å²) in [5.74, 6) is -0.0308. The van der Waals surface area contributed by atoms with E-state index in [9.17, 15) is 10.1 Å². The van der Waals surface area contributed by atoms with E-state index in [1.807, 2.05) is 30.3 Å². The van der Waals surface area contributed by atoms with E-state index in [-0.39, 0.29) is 17.1 Å². The normalized spacial score (nSPS) is 21.2. The first-order valence-corrected chi connectivity index (χ1v) is 9.13. The highest BCUT2D eigenvalue weighted by atomic mass is 32.1. The lowest BCUT2D eigenvalue weighted by Gasteiger charge is -2.38. The molecule has 0 fully saturated rings. The molecule has 1 unspecified atom stereocenters. The molecule has 1 aliphatic carbocycles. The van der Waals surface area contributed by atoms with Gasteiger partial charge < -0.3 is 11.1 Å². The number of ketones is 1. The zero-order chi connectivity index (χ0) is 17.8. The van der Waals surface area contributed by atoms with Crippen molar-refractivity contribution >= 4 is 27.8 Å². The third-order valence-corrected chi connectivity index (χ3v) is 6.02. The average Bonchev–Trinajstić information content (AvgIpc) is 2.88. The lowest BCUT2D eigenvalue weighted by molar-refractivity contribution is -0.118. The number of nitriles is 1. The van der Waals surface area contributed by atoms with Crippen LogP contribution in [0.1, 0.15) is 48.6 Å². The Balaban J connectivity index is 1.97. The standard InChI is InChI=1S/C20H19N3OS/c1-20(2)8-12-16(13(24)9-20)15(11-6-4-3-5-7-11)17-18(22)14(10-21)25-19(17)23-12/h3-7,15,23H,8-9,22H2,1-2H3. The van der Waals surface area contributed by atoms with Crippen molar-refractivity contribution in [2.24, 2.45) is 5.41 Å². The minimum absolute atomic E-state index is 0.0669. The number of fused-ring (bicyclic) bond motifs is 1. The fourth-order valence-corrected chi connectivity index (χ4v) is 4.94. The number of nitrogens with one attached hydrogen (secondary N) is 1. The van der Waals surface area contributed by atoms with Gasteiger partial charge in [0, 0.05) is 29.2 Å². The Morgan fingerprint density at radius 2 is 2.00 bits per heavy atom. The zero-order valence-electron chi connectivity index (χ0n) is 14.2.